The zero-order valence-electron chi connectivity index (χ0n) is 33.0. The number of nitrogens with zero attached hydrogens (tertiary/aromatic N) is 2. The van der Waals surface area contributed by atoms with Gasteiger partial charge >= 0.3 is 5.97 Å². The topological polar surface area (TPSA) is 90.0 Å². The Bertz CT molecular complexity index is 1770. The average Bonchev–Trinajstić information content (AvgIpc) is 3.78. The van der Waals surface area contributed by atoms with Crippen LogP contribution in [0.25, 0.3) is 5.57 Å². The van der Waals surface area contributed by atoms with Crippen LogP contribution in [-0.4, -0.2) is 78.8 Å². The minimum Gasteiger partial charge on any atom is -0.478 e. The van der Waals surface area contributed by atoms with E-state index in [4.69, 9.17) is 0 Å². The molecule has 2 bridgehead atoms. The van der Waals surface area contributed by atoms with Gasteiger partial charge in [-0.15, -0.1) is 0 Å². The number of allylic oxidation sites excluding steroid dienone is 3. The minimum atomic E-state index is -3.12. The van der Waals surface area contributed by atoms with Crippen molar-refractivity contribution in [1.82, 2.24) is 14.5 Å². The van der Waals surface area contributed by atoms with Crippen molar-refractivity contribution in [2.24, 2.45) is 51.2 Å². The second-order valence-electron chi connectivity index (χ2n) is 20.1. The van der Waals surface area contributed by atoms with Gasteiger partial charge in [0.25, 0.3) is 0 Å². The average molecular weight is 732 g/mol. The van der Waals surface area contributed by atoms with E-state index in [1.165, 1.54) is 74.3 Å². The summed E-state index contributed by atoms with van der Waals surface area (Å²) >= 11 is 0. The molecule has 8 heteroatoms. The Morgan fingerprint density at radius 1 is 0.923 bits per heavy atom. The van der Waals surface area contributed by atoms with Gasteiger partial charge in [-0.05, 0) is 146 Å². The molecule has 3 unspecified atom stereocenters. The van der Waals surface area contributed by atoms with Crippen LogP contribution in [0.15, 0.2) is 42.5 Å². The lowest BCUT2D eigenvalue weighted by molar-refractivity contribution is -0.219. The van der Waals surface area contributed by atoms with Crippen LogP contribution in [0.4, 0.5) is 0 Å². The Kier molecular flexibility index (Phi) is 8.70. The van der Waals surface area contributed by atoms with Crippen LogP contribution in [0, 0.1) is 51.2 Å². The molecule has 7 nitrogen and oxygen atoms in total. The van der Waals surface area contributed by atoms with E-state index in [1.807, 2.05) is 12.1 Å². The number of carboxylic acids is 1. The van der Waals surface area contributed by atoms with Crippen LogP contribution in [0.2, 0.25) is 0 Å². The van der Waals surface area contributed by atoms with Crippen molar-refractivity contribution in [3.05, 3.63) is 53.6 Å². The van der Waals surface area contributed by atoms with Gasteiger partial charge in [-0.1, -0.05) is 65.0 Å². The van der Waals surface area contributed by atoms with Crippen molar-refractivity contribution < 1.29 is 18.3 Å². The van der Waals surface area contributed by atoms with Crippen molar-refractivity contribution >= 4 is 21.6 Å². The zero-order chi connectivity index (χ0) is 37.2. The lowest BCUT2D eigenvalue weighted by Crippen LogP contribution is -2.68. The largest absolute Gasteiger partial charge is 0.478 e. The number of sulfonamides is 1. The van der Waals surface area contributed by atoms with E-state index in [0.29, 0.717) is 47.7 Å². The molecule has 0 radical (unpaired) electrons. The van der Waals surface area contributed by atoms with Crippen molar-refractivity contribution in [2.45, 2.75) is 123 Å². The first-order chi connectivity index (χ1) is 24.4. The Morgan fingerprint density at radius 3 is 2.29 bits per heavy atom. The number of fused-ring (bicyclic) bond motifs is 9. The number of likely N-dealkylation sites (tertiary alicyclic amines) is 1. The predicted molar refractivity (Wildman–Crippen MR) is 209 cm³/mol. The van der Waals surface area contributed by atoms with E-state index in [1.54, 1.807) is 16.4 Å². The summed E-state index contributed by atoms with van der Waals surface area (Å²) in [7, 11) is -3.12. The van der Waals surface area contributed by atoms with E-state index < -0.39 is 16.0 Å². The van der Waals surface area contributed by atoms with Crippen molar-refractivity contribution in [3.8, 4) is 0 Å². The number of benzene rings is 1. The summed E-state index contributed by atoms with van der Waals surface area (Å²) < 4.78 is 26.3. The van der Waals surface area contributed by atoms with E-state index in [-0.39, 0.29) is 33.2 Å². The number of hydrogen-bond acceptors (Lipinski definition) is 5. The van der Waals surface area contributed by atoms with Gasteiger partial charge in [0.2, 0.25) is 10.0 Å². The summed E-state index contributed by atoms with van der Waals surface area (Å²) in [4.78, 5) is 14.1. The maximum atomic E-state index is 12.3. The molecule has 1 aromatic carbocycles. The molecule has 2 aliphatic heterocycles. The highest BCUT2D eigenvalue weighted by molar-refractivity contribution is 7.88. The van der Waals surface area contributed by atoms with Gasteiger partial charge < -0.3 is 10.4 Å². The smallest absolute Gasteiger partial charge is 0.335 e. The van der Waals surface area contributed by atoms with Gasteiger partial charge in [0.1, 0.15) is 0 Å². The van der Waals surface area contributed by atoms with E-state index >= 15 is 0 Å². The summed E-state index contributed by atoms with van der Waals surface area (Å²) in [6.07, 6.45) is 16.1. The van der Waals surface area contributed by atoms with Gasteiger partial charge in [0, 0.05) is 43.8 Å². The highest BCUT2D eigenvalue weighted by atomic mass is 32.2. The molecule has 2 saturated heterocycles. The van der Waals surface area contributed by atoms with Crippen molar-refractivity contribution in [3.63, 3.8) is 0 Å². The van der Waals surface area contributed by atoms with E-state index in [9.17, 15) is 18.3 Å². The molecule has 0 aromatic heterocycles. The maximum Gasteiger partial charge on any atom is 0.335 e. The molecule has 0 amide bonds. The van der Waals surface area contributed by atoms with Crippen molar-refractivity contribution in [2.75, 3.05) is 32.4 Å². The third kappa shape index (κ3) is 5.26. The third-order valence-corrected chi connectivity index (χ3v) is 19.0. The number of carboxylic acid groups (broad SMARTS) is 1. The van der Waals surface area contributed by atoms with Gasteiger partial charge in [-0.3, -0.25) is 4.90 Å². The highest BCUT2D eigenvalue weighted by Gasteiger charge is 2.70. The van der Waals surface area contributed by atoms with Crippen LogP contribution in [0.1, 0.15) is 122 Å². The number of piperazine rings is 1. The van der Waals surface area contributed by atoms with Gasteiger partial charge in [0.05, 0.1) is 11.8 Å². The molecule has 5 aliphatic carbocycles. The summed E-state index contributed by atoms with van der Waals surface area (Å²) in [5.41, 5.74) is 5.26. The normalized spacial score (nSPS) is 44.0. The Labute approximate surface area is 314 Å². The summed E-state index contributed by atoms with van der Waals surface area (Å²) in [5, 5.41) is 13.8. The molecule has 2 heterocycles. The fraction of sp³-hybridized carbons (Fsp3) is 0.750. The fourth-order valence-electron chi connectivity index (χ4n) is 15.2. The van der Waals surface area contributed by atoms with Crippen LogP contribution in [0.5, 0.6) is 0 Å². The predicted octanol–water partition coefficient (Wildman–Crippen LogP) is 8.10. The van der Waals surface area contributed by atoms with Gasteiger partial charge in [-0.2, -0.15) is 4.31 Å². The molecule has 52 heavy (non-hydrogen) atoms. The highest BCUT2D eigenvalue weighted by Crippen LogP contribution is 2.76. The monoisotopic (exact) mass is 731 g/mol. The lowest BCUT2D eigenvalue weighted by atomic mass is 9.33. The van der Waals surface area contributed by atoms with Crippen LogP contribution in [-0.2, 0) is 10.0 Å². The van der Waals surface area contributed by atoms with Crippen LogP contribution >= 0.6 is 0 Å². The molecule has 286 valence electrons. The fourth-order valence-corrected chi connectivity index (χ4v) is 16.3. The van der Waals surface area contributed by atoms with E-state index in [2.05, 4.69) is 64.4 Å². The Morgan fingerprint density at radius 2 is 1.65 bits per heavy atom. The summed E-state index contributed by atoms with van der Waals surface area (Å²) in [5.74, 6) is 2.26. The number of hydrogen-bond donors (Lipinski definition) is 2. The van der Waals surface area contributed by atoms with Gasteiger partial charge in [-0.25, -0.2) is 13.2 Å². The molecule has 11 atom stereocenters. The van der Waals surface area contributed by atoms with Crippen molar-refractivity contribution in [1.29, 1.82) is 0 Å². The minimum absolute atomic E-state index is 0.0108. The Hall–Kier alpha value is -2.00. The second-order valence-corrected chi connectivity index (χ2v) is 22.0. The number of aromatic carboxylic acids is 1. The van der Waals surface area contributed by atoms with Gasteiger partial charge in [0.15, 0.2) is 0 Å². The molecular weight excluding hydrogens is 667 g/mol. The maximum absolute atomic E-state index is 12.3. The standard InChI is InChI=1S/C44H65N3O4S/c1-28(2)33-15-20-44(45-23-24-46-26-32-25-31(46)27-47(32)52(8,50)51)22-21-42(6)35(38(33)44)13-14-37-41(5)18-16-34(29-9-11-30(12-10-29)39(48)49)40(3,4)36(41)17-19-43(37,42)7/h9-12,16,31-33,35-38,45H,1,13-15,17-27H2,2-8H3,(H,48,49)/t31-,32-,33-,35+,36?,37?,38?,41-,42+,43+,44-/m0/s1. The molecule has 1 aromatic rings. The summed E-state index contributed by atoms with van der Waals surface area (Å²) in [6, 6.07) is 8.11. The van der Waals surface area contributed by atoms with Crippen LogP contribution < -0.4 is 5.32 Å². The number of rotatable bonds is 8. The second kappa shape index (κ2) is 12.2. The SMILES string of the molecule is C=C(C)[C@@H]1CC[C@]2(NCCN3C[C@@H]4C[C@H]3CN4S(C)(=O)=O)CC[C@]3(C)[C@H](CCC4[C@@]5(C)CC=C(c6ccc(C(=O)O)cc6)C(C)(C)C5CC[C@]43C)C12. The lowest BCUT2D eigenvalue weighted by Gasteiger charge is -2.72. The first-order valence-corrected chi connectivity index (χ1v) is 22.4. The molecule has 8 rings (SSSR count). The molecule has 6 fully saturated rings. The molecule has 0 spiro atoms. The molecule has 4 saturated carbocycles. The third-order valence-electron chi connectivity index (χ3n) is 17.7. The number of nitrogens with one attached hydrogen (secondary N) is 1. The quantitative estimate of drug-likeness (QED) is 0.263. The Balaban J connectivity index is 1.03. The first kappa shape index (κ1) is 36.9. The zero-order valence-corrected chi connectivity index (χ0v) is 33.8. The molecule has 2 N–H and O–H groups in total. The summed E-state index contributed by atoms with van der Waals surface area (Å²) in [6.45, 7) is 23.4. The molecule has 7 aliphatic rings. The van der Waals surface area contributed by atoms with Crippen LogP contribution in [0.3, 0.4) is 0 Å². The van der Waals surface area contributed by atoms with E-state index in [0.717, 1.165) is 32.5 Å². The first-order valence-electron chi connectivity index (χ1n) is 20.5. The molecular formula is C44H65N3O4S. The number of carbonyl (C=O) groups is 1.